The van der Waals surface area contributed by atoms with E-state index in [0.29, 0.717) is 6.42 Å². The maximum atomic E-state index is 12.5. The van der Waals surface area contributed by atoms with Crippen LogP contribution < -0.4 is 11.5 Å². The lowest BCUT2D eigenvalue weighted by Gasteiger charge is -2.18. The number of hydrogen-bond donors (Lipinski definition) is 2. The minimum Gasteiger partial charge on any atom is -0.494 e. The monoisotopic (exact) mass is 487 g/mol. The predicted octanol–water partition coefficient (Wildman–Crippen LogP) is 6.56. The van der Waals surface area contributed by atoms with Crippen LogP contribution in [0.3, 0.4) is 0 Å². The van der Waals surface area contributed by atoms with Crippen molar-refractivity contribution in [1.29, 1.82) is 0 Å². The van der Waals surface area contributed by atoms with Crippen molar-refractivity contribution in [2.24, 2.45) is 0 Å². The molecule has 0 unspecified atom stereocenters. The zero-order valence-corrected chi connectivity index (χ0v) is 21.3. The molecule has 36 heavy (non-hydrogen) atoms. The van der Waals surface area contributed by atoms with E-state index in [0.717, 1.165) is 73.6 Å². The molecule has 0 amide bonds. The molecule has 0 spiro atoms. The van der Waals surface area contributed by atoms with E-state index in [1.165, 1.54) is 22.3 Å². The van der Waals surface area contributed by atoms with Crippen LogP contribution >= 0.6 is 0 Å². The van der Waals surface area contributed by atoms with Crippen molar-refractivity contribution in [3.63, 3.8) is 0 Å². The molecule has 4 N–H and O–H groups in total. The van der Waals surface area contributed by atoms with E-state index in [2.05, 4.69) is 41.8 Å². The van der Waals surface area contributed by atoms with Gasteiger partial charge >= 0.3 is 0 Å². The fourth-order valence-corrected chi connectivity index (χ4v) is 5.29. The van der Waals surface area contributed by atoms with E-state index in [9.17, 15) is 4.39 Å². The van der Waals surface area contributed by atoms with Crippen LogP contribution in [-0.4, -0.2) is 37.3 Å². The molecule has 4 nitrogen and oxygen atoms in total. The van der Waals surface area contributed by atoms with Crippen LogP contribution in [0.25, 0.3) is 11.1 Å². The molecule has 1 heterocycles. The largest absolute Gasteiger partial charge is 0.494 e. The third-order valence-corrected chi connectivity index (χ3v) is 7.00. The van der Waals surface area contributed by atoms with Crippen LogP contribution in [0.2, 0.25) is 0 Å². The van der Waals surface area contributed by atoms with Crippen LogP contribution in [0.5, 0.6) is 0 Å². The van der Waals surface area contributed by atoms with Gasteiger partial charge in [0.15, 0.2) is 0 Å². The van der Waals surface area contributed by atoms with E-state index in [1.807, 2.05) is 37.3 Å². The van der Waals surface area contributed by atoms with Crippen LogP contribution in [0.15, 0.2) is 78.6 Å². The zero-order valence-electron chi connectivity index (χ0n) is 21.3. The van der Waals surface area contributed by atoms with Gasteiger partial charge in [0.25, 0.3) is 0 Å². The minimum atomic E-state index is -0.265. The Labute approximate surface area is 214 Å². The van der Waals surface area contributed by atoms with Gasteiger partial charge in [-0.2, -0.15) is 0 Å². The van der Waals surface area contributed by atoms with Crippen molar-refractivity contribution in [2.45, 2.75) is 45.1 Å². The van der Waals surface area contributed by atoms with Gasteiger partial charge in [-0.1, -0.05) is 36.9 Å². The number of nitrogens with zero attached hydrogens (tertiary/aromatic N) is 1. The highest BCUT2D eigenvalue weighted by Gasteiger charge is 2.24. The zero-order chi connectivity index (χ0) is 25.5. The number of benzene rings is 2. The second-order valence-electron chi connectivity index (χ2n) is 9.72. The maximum Gasteiger partial charge on any atom is 0.112 e. The van der Waals surface area contributed by atoms with Gasteiger partial charge in [0.1, 0.15) is 6.10 Å². The van der Waals surface area contributed by atoms with Gasteiger partial charge in [-0.25, -0.2) is 0 Å². The number of nitrogens with two attached hydrogens (primary N) is 2. The Hall–Kier alpha value is -3.31. The first-order chi connectivity index (χ1) is 17.5. The summed E-state index contributed by atoms with van der Waals surface area (Å²) in [6.45, 7) is 8.50. The fourth-order valence-electron chi connectivity index (χ4n) is 5.29. The Balaban J connectivity index is 1.68. The third kappa shape index (κ3) is 6.27. The number of allylic oxidation sites excluding steroid dienone is 7. The average molecular weight is 488 g/mol. The van der Waals surface area contributed by atoms with Crippen molar-refractivity contribution in [3.05, 3.63) is 95.3 Å². The lowest BCUT2D eigenvalue weighted by Crippen LogP contribution is -2.24. The molecule has 1 aliphatic carbocycles. The number of likely N-dealkylation sites (tertiary alicyclic amines) is 1. The molecule has 2 aliphatic rings. The lowest BCUT2D eigenvalue weighted by molar-refractivity contribution is 0.121. The molecule has 0 aromatic heterocycles. The van der Waals surface area contributed by atoms with Crippen molar-refractivity contribution in [2.75, 3.05) is 37.8 Å². The van der Waals surface area contributed by atoms with E-state index >= 15 is 0 Å². The summed E-state index contributed by atoms with van der Waals surface area (Å²) in [5, 5.41) is 0. The topological polar surface area (TPSA) is 64.5 Å². The number of ether oxygens (including phenoxy) is 1. The summed E-state index contributed by atoms with van der Waals surface area (Å²) in [5.74, 6) is 0.865. The maximum absolute atomic E-state index is 12.5. The lowest BCUT2D eigenvalue weighted by atomic mass is 9.87. The summed E-state index contributed by atoms with van der Waals surface area (Å²) in [6, 6.07) is 14.3. The van der Waals surface area contributed by atoms with Gasteiger partial charge in [0.05, 0.1) is 12.4 Å². The van der Waals surface area contributed by atoms with Gasteiger partial charge in [0, 0.05) is 31.0 Å². The highest BCUT2D eigenvalue weighted by Crippen LogP contribution is 2.41. The Kier molecular flexibility index (Phi) is 8.65. The molecule has 0 radical (unpaired) electrons. The highest BCUT2D eigenvalue weighted by molar-refractivity contribution is 6.01. The second kappa shape index (κ2) is 12.1. The van der Waals surface area contributed by atoms with E-state index in [-0.39, 0.29) is 12.8 Å². The fraction of sp³-hybridized carbons (Fsp3) is 0.355. The third-order valence-electron chi connectivity index (χ3n) is 7.00. The van der Waals surface area contributed by atoms with Crippen molar-refractivity contribution in [3.8, 4) is 0 Å². The predicted molar refractivity (Wildman–Crippen MR) is 150 cm³/mol. The summed E-state index contributed by atoms with van der Waals surface area (Å²) >= 11 is 0. The molecule has 5 heteroatoms. The minimum absolute atomic E-state index is 0.144. The number of anilines is 2. The molecular formula is C31H38FN3O. The smallest absolute Gasteiger partial charge is 0.112 e. The Bertz CT molecular complexity index is 1180. The number of rotatable bonds is 9. The molecule has 190 valence electrons. The van der Waals surface area contributed by atoms with Crippen molar-refractivity contribution >= 4 is 22.5 Å². The number of nitrogen functional groups attached to an aromatic ring is 2. The number of hydrogen-bond acceptors (Lipinski definition) is 4. The molecule has 0 bridgehead atoms. The van der Waals surface area contributed by atoms with Gasteiger partial charge in [0.2, 0.25) is 0 Å². The van der Waals surface area contributed by atoms with E-state index in [4.69, 9.17) is 16.2 Å². The summed E-state index contributed by atoms with van der Waals surface area (Å²) in [4.78, 5) is 2.28. The van der Waals surface area contributed by atoms with Crippen molar-refractivity contribution < 1.29 is 9.13 Å². The molecule has 1 saturated heterocycles. The second-order valence-corrected chi connectivity index (χ2v) is 9.72. The molecule has 0 saturated carbocycles. The van der Waals surface area contributed by atoms with Crippen molar-refractivity contribution in [1.82, 2.24) is 4.90 Å². The number of alkyl halides is 1. The van der Waals surface area contributed by atoms with Gasteiger partial charge < -0.3 is 16.2 Å². The summed E-state index contributed by atoms with van der Waals surface area (Å²) in [5.41, 5.74) is 20.9. The first-order valence-corrected chi connectivity index (χ1v) is 12.9. The molecular weight excluding hydrogens is 449 g/mol. The molecule has 1 atom stereocenters. The Morgan fingerprint density at radius 1 is 1.14 bits per heavy atom. The SMILES string of the molecule is C=C/C(=C\C=C(/C)O[C@H]1CCN(CCCF)C1)C1=C(c2cccc(N)c2)CCCc2cc(N)ccc21. The van der Waals surface area contributed by atoms with E-state index < -0.39 is 0 Å². The van der Waals surface area contributed by atoms with Gasteiger partial charge in [-0.15, -0.1) is 0 Å². The highest BCUT2D eigenvalue weighted by atomic mass is 19.1. The quantitative estimate of drug-likeness (QED) is 0.239. The van der Waals surface area contributed by atoms with Crippen LogP contribution in [0.1, 0.15) is 49.3 Å². The Morgan fingerprint density at radius 3 is 2.75 bits per heavy atom. The summed E-state index contributed by atoms with van der Waals surface area (Å²) in [6.07, 6.45) is 10.7. The number of fused-ring (bicyclic) bond motifs is 1. The van der Waals surface area contributed by atoms with Gasteiger partial charge in [-0.3, -0.25) is 9.29 Å². The van der Waals surface area contributed by atoms with Gasteiger partial charge in [-0.05, 0) is 103 Å². The first-order valence-electron chi connectivity index (χ1n) is 12.9. The molecule has 2 aromatic carbocycles. The first kappa shape index (κ1) is 25.8. The number of halogens is 1. The van der Waals surface area contributed by atoms with E-state index in [1.54, 1.807) is 0 Å². The van der Waals surface area contributed by atoms with Crippen LogP contribution in [0, 0.1) is 0 Å². The molecule has 1 aliphatic heterocycles. The van der Waals surface area contributed by atoms with Crippen LogP contribution in [-0.2, 0) is 11.2 Å². The summed E-state index contributed by atoms with van der Waals surface area (Å²) < 4.78 is 18.8. The Morgan fingerprint density at radius 2 is 1.97 bits per heavy atom. The van der Waals surface area contributed by atoms with Crippen LogP contribution in [0.4, 0.5) is 15.8 Å². The normalized spacial score (nSPS) is 19.2. The molecule has 4 rings (SSSR count). The standard InChI is InChI=1S/C31H38FN3O/c1-3-23(12-11-22(2)36-28-15-18-35(21-28)17-6-16-32)31-29(24-7-4-9-26(33)19-24)10-5-8-25-20-27(34)13-14-30(25)31/h3-4,7,9,11-14,19-20,28H,1,5-6,8,10,15-18,21,33-34H2,2H3/b22-11+,23-12+/t28-/m0/s1. The molecule has 1 fully saturated rings. The summed E-state index contributed by atoms with van der Waals surface area (Å²) in [7, 11) is 0. The average Bonchev–Trinajstić information content (AvgIpc) is 3.22. The number of aryl methyl sites for hydroxylation is 1. The molecule has 2 aromatic rings.